The number of aromatic nitrogens is 1. The van der Waals surface area contributed by atoms with Crippen molar-refractivity contribution in [1.82, 2.24) is 20.5 Å². The maximum atomic E-state index is 11.6. The number of nitrogens with zero attached hydrogens (tertiary/aromatic N) is 2. The molecule has 8 nitrogen and oxygen atoms in total. The molecule has 1 aromatic heterocycles. The zero-order valence-electron chi connectivity index (χ0n) is 10.7. The molecular formula is C9H18IN5O3S. The number of sulfonamides is 1. The summed E-state index contributed by atoms with van der Waals surface area (Å²) in [6.07, 6.45) is 1.34. The zero-order chi connectivity index (χ0) is 13.4. The Morgan fingerprint density at radius 1 is 1.47 bits per heavy atom. The molecule has 0 fully saturated rings. The second-order valence-corrected chi connectivity index (χ2v) is 5.20. The van der Waals surface area contributed by atoms with Crippen LogP contribution in [-0.4, -0.2) is 46.7 Å². The Hall–Kier alpha value is -0.880. The molecule has 0 amide bonds. The molecule has 19 heavy (non-hydrogen) atoms. The lowest BCUT2D eigenvalue weighted by atomic mass is 10.5. The zero-order valence-corrected chi connectivity index (χ0v) is 13.9. The van der Waals surface area contributed by atoms with Gasteiger partial charge in [0.1, 0.15) is 12.0 Å². The number of aliphatic imine (C=N–C) groups is 1. The van der Waals surface area contributed by atoms with Gasteiger partial charge < -0.3 is 15.2 Å². The van der Waals surface area contributed by atoms with Crippen LogP contribution in [0.15, 0.2) is 21.8 Å². The van der Waals surface area contributed by atoms with Crippen molar-refractivity contribution in [3.63, 3.8) is 0 Å². The van der Waals surface area contributed by atoms with Crippen LogP contribution in [0.1, 0.15) is 5.69 Å². The van der Waals surface area contributed by atoms with E-state index in [-0.39, 0.29) is 36.3 Å². The Morgan fingerprint density at radius 2 is 2.21 bits per heavy atom. The minimum Gasteiger partial charge on any atom is -0.364 e. The molecule has 0 radical (unpaired) electrons. The van der Waals surface area contributed by atoms with Crippen LogP contribution in [0.25, 0.3) is 0 Å². The fourth-order valence-corrected chi connectivity index (χ4v) is 2.28. The molecule has 0 aliphatic carbocycles. The second kappa shape index (κ2) is 9.09. The lowest BCUT2D eigenvalue weighted by Crippen LogP contribution is -2.40. The van der Waals surface area contributed by atoms with E-state index < -0.39 is 10.0 Å². The number of guanidine groups is 1. The third-order valence-electron chi connectivity index (χ3n) is 2.03. The van der Waals surface area contributed by atoms with E-state index in [2.05, 4.69) is 30.0 Å². The van der Waals surface area contributed by atoms with Crippen LogP contribution in [0.2, 0.25) is 0 Å². The molecule has 1 aromatic rings. The van der Waals surface area contributed by atoms with E-state index in [1.54, 1.807) is 14.1 Å². The molecule has 1 rings (SSSR count). The monoisotopic (exact) mass is 403 g/mol. The average molecular weight is 403 g/mol. The standard InChI is InChI=1S/C9H17N5O3S.HI/c1-10-9(11-2)12-4-5-13-18(15,16)7-8-3-6-17-14-8;/h3,6,13H,4-5,7H2,1-2H3,(H2,10,11,12);1H. The van der Waals surface area contributed by atoms with Crippen molar-refractivity contribution in [2.75, 3.05) is 27.2 Å². The van der Waals surface area contributed by atoms with Gasteiger partial charge >= 0.3 is 0 Å². The van der Waals surface area contributed by atoms with Crippen LogP contribution < -0.4 is 15.4 Å². The van der Waals surface area contributed by atoms with Crippen molar-refractivity contribution in [2.45, 2.75) is 5.75 Å². The lowest BCUT2D eigenvalue weighted by molar-refractivity contribution is 0.413. The van der Waals surface area contributed by atoms with Crippen molar-refractivity contribution in [3.8, 4) is 0 Å². The molecule has 0 saturated carbocycles. The quantitative estimate of drug-likeness (QED) is 0.256. The molecule has 0 bridgehead atoms. The predicted octanol–water partition coefficient (Wildman–Crippen LogP) is -0.493. The third-order valence-corrected chi connectivity index (χ3v) is 3.35. The van der Waals surface area contributed by atoms with Crippen LogP contribution in [0.4, 0.5) is 0 Å². The summed E-state index contributed by atoms with van der Waals surface area (Å²) in [7, 11) is -0.0299. The molecule has 0 saturated heterocycles. The summed E-state index contributed by atoms with van der Waals surface area (Å²) in [5, 5.41) is 9.30. The van der Waals surface area contributed by atoms with E-state index in [1.807, 2.05) is 0 Å². The van der Waals surface area contributed by atoms with Crippen LogP contribution in [0.5, 0.6) is 0 Å². The summed E-state index contributed by atoms with van der Waals surface area (Å²) in [4.78, 5) is 3.90. The molecule has 0 atom stereocenters. The first-order valence-electron chi connectivity index (χ1n) is 5.32. The molecule has 110 valence electrons. The minimum absolute atomic E-state index is 0. The highest BCUT2D eigenvalue weighted by Crippen LogP contribution is 2.00. The van der Waals surface area contributed by atoms with Crippen molar-refractivity contribution >= 4 is 40.0 Å². The number of rotatable bonds is 6. The number of hydrogen-bond acceptors (Lipinski definition) is 5. The van der Waals surface area contributed by atoms with Gasteiger partial charge in [-0.05, 0) is 0 Å². The first-order chi connectivity index (χ1) is 8.57. The first kappa shape index (κ1) is 18.1. The first-order valence-corrected chi connectivity index (χ1v) is 6.97. The lowest BCUT2D eigenvalue weighted by Gasteiger charge is -2.09. The molecule has 3 N–H and O–H groups in total. The summed E-state index contributed by atoms with van der Waals surface area (Å²) < 4.78 is 30.2. The average Bonchev–Trinajstić information content (AvgIpc) is 2.81. The summed E-state index contributed by atoms with van der Waals surface area (Å²) >= 11 is 0. The Kier molecular flexibility index (Phi) is 8.67. The largest absolute Gasteiger partial charge is 0.364 e. The Morgan fingerprint density at radius 3 is 2.74 bits per heavy atom. The van der Waals surface area contributed by atoms with E-state index in [0.717, 1.165) is 0 Å². The third kappa shape index (κ3) is 7.32. The van der Waals surface area contributed by atoms with Gasteiger partial charge in [-0.1, -0.05) is 5.16 Å². The Bertz CT molecular complexity index is 474. The fraction of sp³-hybridized carbons (Fsp3) is 0.556. The van der Waals surface area contributed by atoms with Gasteiger partial charge in [-0.3, -0.25) is 4.99 Å². The summed E-state index contributed by atoms with van der Waals surface area (Å²) in [5.74, 6) is 0.412. The van der Waals surface area contributed by atoms with Crippen molar-refractivity contribution in [3.05, 3.63) is 18.0 Å². The van der Waals surface area contributed by atoms with Gasteiger partial charge in [-0.25, -0.2) is 13.1 Å². The van der Waals surface area contributed by atoms with Crippen molar-refractivity contribution < 1.29 is 12.9 Å². The minimum atomic E-state index is -3.39. The van der Waals surface area contributed by atoms with Crippen LogP contribution >= 0.6 is 24.0 Å². The highest BCUT2D eigenvalue weighted by molar-refractivity contribution is 14.0. The summed E-state index contributed by atoms with van der Waals surface area (Å²) in [6.45, 7) is 0.701. The molecule has 1 heterocycles. The van der Waals surface area contributed by atoms with Crippen LogP contribution in [0.3, 0.4) is 0 Å². The molecule has 0 aliphatic heterocycles. The van der Waals surface area contributed by atoms with Gasteiger partial charge in [0, 0.05) is 33.3 Å². The van der Waals surface area contributed by atoms with Gasteiger partial charge in [0.25, 0.3) is 0 Å². The van der Waals surface area contributed by atoms with Crippen molar-refractivity contribution in [1.29, 1.82) is 0 Å². The predicted molar refractivity (Wildman–Crippen MR) is 83.0 cm³/mol. The molecule has 0 unspecified atom stereocenters. The van der Waals surface area contributed by atoms with Gasteiger partial charge in [0.2, 0.25) is 10.0 Å². The van der Waals surface area contributed by atoms with Crippen LogP contribution in [0, 0.1) is 0 Å². The molecule has 0 spiro atoms. The summed E-state index contributed by atoms with van der Waals surface area (Å²) in [6, 6.07) is 1.51. The topological polar surface area (TPSA) is 109 Å². The number of halogens is 1. The van der Waals surface area contributed by atoms with Gasteiger partial charge in [-0.2, -0.15) is 0 Å². The molecule has 0 aromatic carbocycles. The molecule has 10 heteroatoms. The van der Waals surface area contributed by atoms with Gasteiger partial charge in [0.15, 0.2) is 5.96 Å². The van der Waals surface area contributed by atoms with E-state index in [9.17, 15) is 8.42 Å². The number of nitrogens with one attached hydrogen (secondary N) is 3. The molecular weight excluding hydrogens is 385 g/mol. The fourth-order valence-electron chi connectivity index (χ4n) is 1.22. The van der Waals surface area contributed by atoms with E-state index in [0.29, 0.717) is 18.2 Å². The van der Waals surface area contributed by atoms with E-state index in [4.69, 9.17) is 0 Å². The highest BCUT2D eigenvalue weighted by atomic mass is 127. The Labute approximate surface area is 129 Å². The SMILES string of the molecule is CN=C(NC)NCCNS(=O)(=O)Cc1ccon1.I. The van der Waals surface area contributed by atoms with Crippen LogP contribution in [-0.2, 0) is 15.8 Å². The number of hydrogen-bond donors (Lipinski definition) is 3. The normalized spacial score (nSPS) is 11.8. The second-order valence-electron chi connectivity index (χ2n) is 3.39. The maximum absolute atomic E-state index is 11.6. The van der Waals surface area contributed by atoms with E-state index in [1.165, 1.54) is 12.3 Å². The highest BCUT2D eigenvalue weighted by Gasteiger charge is 2.12. The smallest absolute Gasteiger partial charge is 0.217 e. The van der Waals surface area contributed by atoms with Gasteiger partial charge in [-0.15, -0.1) is 24.0 Å². The molecule has 0 aliphatic rings. The Balaban J connectivity index is 0.00000324. The van der Waals surface area contributed by atoms with Crippen molar-refractivity contribution in [2.24, 2.45) is 4.99 Å². The van der Waals surface area contributed by atoms with E-state index >= 15 is 0 Å². The summed E-state index contributed by atoms with van der Waals surface area (Å²) in [5.41, 5.74) is 0.376. The maximum Gasteiger partial charge on any atom is 0.217 e. The van der Waals surface area contributed by atoms with Gasteiger partial charge in [0.05, 0.1) is 5.69 Å².